The topological polar surface area (TPSA) is 281 Å². The van der Waals surface area contributed by atoms with Crippen LogP contribution in [-0.2, 0) is 67.5 Å². The van der Waals surface area contributed by atoms with Gasteiger partial charge in [0.1, 0.15) is 17.8 Å². The molecule has 11 heterocycles. The molecule has 131 heavy (non-hydrogen) atoms. The molecule has 0 spiro atoms. The SMILES string of the molecule is CC(=O)N(Cc1ccccc1)C1CCN(C)CC1.CC(=O)N(Cc1cnco1)C1CCN(C)CC1.CC(=O)N(Cc1ncco1)C1CCN(C)CC1.CC(=O)N(c1ccccc1)C1CCN(C)CC1.CC(=O)N(c1ccccn1)C1CCN(C)CC1.CCN(C(=O)OC)C1CCN(C)CC1.COC1(CN(C(C)=O)C2CCN(C)CC2)CCC1.CON(C(C)=O)C1CCN(C)CC1. The second-order valence-electron chi connectivity index (χ2n) is 37.1. The molecular weight excluding hydrogens is 1660 g/mol. The fraction of sp³-hybridized carbons (Fsp3) is 0.687. The lowest BCUT2D eigenvalue weighted by Crippen LogP contribution is -2.55. The molecule has 8 aliphatic heterocycles. The average Bonchev–Trinajstić information content (AvgIpc) is 0.821. The Balaban J connectivity index is 0.000000205. The zero-order valence-corrected chi connectivity index (χ0v) is 83.1. The van der Waals surface area contributed by atoms with Crippen molar-refractivity contribution in [3.63, 3.8) is 0 Å². The number of piperidine rings is 8. The average molecular weight is 1830 g/mol. The van der Waals surface area contributed by atoms with E-state index in [0.29, 0.717) is 61.3 Å². The molecule has 8 amide bonds. The third-order valence-electron chi connectivity index (χ3n) is 27.2. The number of hydrogen-bond donors (Lipinski definition) is 0. The van der Waals surface area contributed by atoms with E-state index < -0.39 is 0 Å². The van der Waals surface area contributed by atoms with Gasteiger partial charge in [0, 0.05) is 129 Å². The molecule has 9 fully saturated rings. The van der Waals surface area contributed by atoms with Gasteiger partial charge >= 0.3 is 6.09 Å². The molecule has 32 heteroatoms. The normalized spacial score (nSPS) is 19.3. The lowest BCUT2D eigenvalue weighted by atomic mass is 9.79. The van der Waals surface area contributed by atoms with Crippen LogP contribution in [0, 0.1) is 0 Å². The van der Waals surface area contributed by atoms with E-state index in [-0.39, 0.29) is 59.1 Å². The monoisotopic (exact) mass is 1830 g/mol. The van der Waals surface area contributed by atoms with Crippen LogP contribution in [0.15, 0.2) is 119 Å². The molecule has 1 saturated carbocycles. The number of hydroxylamine groups is 2. The fourth-order valence-corrected chi connectivity index (χ4v) is 18.8. The highest BCUT2D eigenvalue weighted by atomic mass is 16.7. The Hall–Kier alpha value is -8.83. The Labute approximate surface area is 783 Å². The van der Waals surface area contributed by atoms with E-state index in [1.165, 1.54) is 30.6 Å². The Bertz CT molecular complexity index is 3870. The number of aromatic nitrogens is 3. The van der Waals surface area contributed by atoms with E-state index in [2.05, 4.69) is 128 Å². The van der Waals surface area contributed by atoms with Crippen LogP contribution < -0.4 is 9.80 Å². The molecule has 9 aliphatic rings. The number of carbonyl (C=O) groups is 8. The van der Waals surface area contributed by atoms with E-state index >= 15 is 0 Å². The molecule has 3 aromatic heterocycles. The van der Waals surface area contributed by atoms with Crippen LogP contribution in [0.4, 0.5) is 16.3 Å². The number of amides is 8. The molecule has 0 radical (unpaired) electrons. The van der Waals surface area contributed by atoms with Crippen molar-refractivity contribution in [2.24, 2.45) is 0 Å². The Morgan fingerprint density at radius 2 is 0.756 bits per heavy atom. The molecule has 732 valence electrons. The molecule has 8 saturated heterocycles. The molecule has 32 nitrogen and oxygen atoms in total. The number of anilines is 2. The standard InChI is InChI=1S/C15H22N2O.C14H26N2O2.C14H20N2O.C13H19N3O.2C12H19N3O2.C10H20N2O2.C9H18N2O2/c1-13(18)17(12-14-6-4-3-5-7-14)15-8-10-16(2)11-9-15;1-12(17)16(11-14(18-3)7-4-8-14)13-5-9-15(2)10-6-13;1-12(17)16(13-6-4-3-5-7-13)14-8-10-15(2)11-9-14;1-11(17)16(13-5-3-4-8-14-13)12-6-9-15(2)10-7-12;1-10(16)15(9-12-13-5-8-17-12)11-3-6-14(2)7-4-11;1-10(16)15(8-12-7-13-9-17-12)11-3-5-14(2)6-4-11;1-4-12(10(13)14-3)9-5-7-11(2)8-6-9;1-8(12)11(13-3)9-4-6-10(2)7-5-9/h3-7,15H,8-12H2,1-2H3;13H,4-11H2,1-3H3;3-7,14H,8-11H2,1-2H3;3-5,8,12H,6-7,9-10H2,1-2H3;5,8,11H,3-4,6-7,9H2,1-2H3;7,9,11H,3-6,8H2,1-2H3;9H,4-8H2,1-3H3;9H,4-7H2,1-3H3. The Morgan fingerprint density at radius 3 is 1.08 bits per heavy atom. The Morgan fingerprint density at radius 1 is 0.389 bits per heavy atom. The number of para-hydroxylation sites is 1. The molecule has 0 bridgehead atoms. The van der Waals surface area contributed by atoms with Gasteiger partial charge in [0.2, 0.25) is 47.2 Å². The zero-order chi connectivity index (χ0) is 95.5. The van der Waals surface area contributed by atoms with Crippen molar-refractivity contribution in [1.29, 1.82) is 0 Å². The summed E-state index contributed by atoms with van der Waals surface area (Å²) < 4.78 is 20.8. The minimum atomic E-state index is -0.193. The number of rotatable bonds is 21. The summed E-state index contributed by atoms with van der Waals surface area (Å²) in [5, 5.41) is 1.49. The van der Waals surface area contributed by atoms with Crippen molar-refractivity contribution < 1.29 is 61.5 Å². The lowest BCUT2D eigenvalue weighted by Gasteiger charge is -2.46. The largest absolute Gasteiger partial charge is 0.453 e. The zero-order valence-electron chi connectivity index (χ0n) is 83.1. The minimum Gasteiger partial charge on any atom is -0.453 e. The van der Waals surface area contributed by atoms with E-state index in [9.17, 15) is 38.4 Å². The number of carbonyl (C=O) groups excluding carboxylic acids is 8. The summed E-state index contributed by atoms with van der Waals surface area (Å²) in [5.41, 5.74) is 2.19. The maximum atomic E-state index is 11.9. The van der Waals surface area contributed by atoms with Crippen LogP contribution in [0.5, 0.6) is 0 Å². The summed E-state index contributed by atoms with van der Waals surface area (Å²) in [6.07, 6.45) is 28.0. The summed E-state index contributed by atoms with van der Waals surface area (Å²) in [6, 6.07) is 28.7. The van der Waals surface area contributed by atoms with Crippen molar-refractivity contribution in [2.45, 2.75) is 251 Å². The van der Waals surface area contributed by atoms with Crippen LogP contribution in [0.1, 0.15) is 195 Å². The molecule has 0 N–H and O–H groups in total. The summed E-state index contributed by atoms with van der Waals surface area (Å²) in [6.45, 7) is 33.7. The summed E-state index contributed by atoms with van der Waals surface area (Å²) in [4.78, 5) is 143. The van der Waals surface area contributed by atoms with E-state index in [4.69, 9.17) is 23.1 Å². The molecule has 14 rings (SSSR count). The predicted molar refractivity (Wildman–Crippen MR) is 515 cm³/mol. The van der Waals surface area contributed by atoms with Gasteiger partial charge in [-0.2, -0.15) is 0 Å². The smallest absolute Gasteiger partial charge is 0.409 e. The minimum absolute atomic E-state index is 0.00273. The number of likely N-dealkylation sites (tertiary alicyclic amines) is 8. The van der Waals surface area contributed by atoms with Gasteiger partial charge < -0.3 is 86.9 Å². The maximum absolute atomic E-state index is 11.9. The summed E-state index contributed by atoms with van der Waals surface area (Å²) >= 11 is 0. The van der Waals surface area contributed by atoms with Crippen LogP contribution >= 0.6 is 0 Å². The van der Waals surface area contributed by atoms with Gasteiger partial charge in [-0.15, -0.1) is 0 Å². The first-order chi connectivity index (χ1) is 62.8. The van der Waals surface area contributed by atoms with E-state index in [1.54, 1.807) is 87.5 Å². The van der Waals surface area contributed by atoms with Crippen molar-refractivity contribution in [1.82, 2.24) is 83.7 Å². The van der Waals surface area contributed by atoms with Crippen molar-refractivity contribution >= 4 is 58.9 Å². The molecule has 2 aromatic carbocycles. The van der Waals surface area contributed by atoms with Gasteiger partial charge in [0.15, 0.2) is 6.39 Å². The predicted octanol–water partition coefficient (Wildman–Crippen LogP) is 11.2. The molecule has 1 aliphatic carbocycles. The van der Waals surface area contributed by atoms with Crippen molar-refractivity contribution in [2.75, 3.05) is 205 Å². The van der Waals surface area contributed by atoms with Gasteiger partial charge in [-0.05, 0) is 320 Å². The number of methoxy groups -OCH3 is 2. The lowest BCUT2D eigenvalue weighted by molar-refractivity contribution is -0.190. The van der Waals surface area contributed by atoms with E-state index in [0.717, 1.165) is 257 Å². The van der Waals surface area contributed by atoms with Gasteiger partial charge in [-0.25, -0.2) is 24.8 Å². The number of benzene rings is 2. The molecule has 5 aromatic rings. The second kappa shape index (κ2) is 57.7. The molecule has 0 atom stereocenters. The highest BCUT2D eigenvalue weighted by Crippen LogP contribution is 2.37. The Kier molecular flexibility index (Phi) is 48.1. The number of ether oxygens (including phenoxy) is 2. The van der Waals surface area contributed by atoms with Gasteiger partial charge in [0.25, 0.3) is 0 Å². The first-order valence-electron chi connectivity index (χ1n) is 47.9. The van der Waals surface area contributed by atoms with Crippen LogP contribution in [0.25, 0.3) is 0 Å². The van der Waals surface area contributed by atoms with Gasteiger partial charge in [0.05, 0.1) is 51.3 Å². The first-order valence-corrected chi connectivity index (χ1v) is 47.9. The molecule has 0 unspecified atom stereocenters. The quantitative estimate of drug-likeness (QED) is 0.0617. The van der Waals surface area contributed by atoms with Crippen molar-refractivity contribution in [3.8, 4) is 0 Å². The van der Waals surface area contributed by atoms with Crippen LogP contribution in [-0.4, -0.2) is 381 Å². The second-order valence-corrected chi connectivity index (χ2v) is 37.1. The maximum Gasteiger partial charge on any atom is 0.409 e. The number of pyridine rings is 1. The number of oxazole rings is 2. The van der Waals surface area contributed by atoms with Gasteiger partial charge in [-0.3, -0.25) is 43.3 Å². The first kappa shape index (κ1) is 109. The van der Waals surface area contributed by atoms with E-state index in [1.807, 2.05) is 103 Å². The van der Waals surface area contributed by atoms with Gasteiger partial charge in [-0.1, -0.05) is 54.6 Å². The molecular formula is C99H163N19O13. The summed E-state index contributed by atoms with van der Waals surface area (Å²) in [7, 11) is 21.8. The summed E-state index contributed by atoms with van der Waals surface area (Å²) in [5.74, 6) is 2.95. The fourth-order valence-electron chi connectivity index (χ4n) is 18.8. The highest BCUT2D eigenvalue weighted by molar-refractivity contribution is 5.92. The third-order valence-corrected chi connectivity index (χ3v) is 27.2. The number of nitrogens with zero attached hydrogens (tertiary/aromatic N) is 19. The van der Waals surface area contributed by atoms with Crippen molar-refractivity contribution in [3.05, 3.63) is 127 Å². The highest BCUT2D eigenvalue weighted by Gasteiger charge is 2.42. The van der Waals surface area contributed by atoms with Crippen LogP contribution in [0.2, 0.25) is 0 Å². The van der Waals surface area contributed by atoms with Crippen LogP contribution in [0.3, 0.4) is 0 Å². The third kappa shape index (κ3) is 37.2. The number of hydrogen-bond acceptors (Lipinski definition) is 24.